The molecular weight excluding hydrogens is 532 g/mol. The zero-order valence-electron chi connectivity index (χ0n) is 31.2. The van der Waals surface area contributed by atoms with Crippen LogP contribution in [0.15, 0.2) is 0 Å². The molecule has 1 saturated heterocycles. The number of hydrogen-bond donors (Lipinski definition) is 0. The largest absolute Gasteiger partial charge is 0.301 e. The summed E-state index contributed by atoms with van der Waals surface area (Å²) in [6.45, 7) is 12.6. The zero-order chi connectivity index (χ0) is 31.4. The second-order valence-corrected chi connectivity index (χ2v) is 15.0. The quantitative estimate of drug-likeness (QED) is 0.0644. The van der Waals surface area contributed by atoms with Crippen LogP contribution in [0.25, 0.3) is 0 Å². The van der Waals surface area contributed by atoms with Crippen molar-refractivity contribution in [2.45, 2.75) is 232 Å². The molecule has 44 heavy (non-hydrogen) atoms. The van der Waals surface area contributed by atoms with E-state index in [0.29, 0.717) is 0 Å². The minimum absolute atomic E-state index is 1.32. The van der Waals surface area contributed by atoms with E-state index >= 15 is 0 Å². The average molecular weight is 619 g/mol. The summed E-state index contributed by atoms with van der Waals surface area (Å²) in [6.07, 6.45) is 49.9. The van der Waals surface area contributed by atoms with Crippen LogP contribution >= 0.6 is 0 Å². The number of nitrogens with zero attached hydrogens (tertiary/aromatic N) is 2. The van der Waals surface area contributed by atoms with Crippen LogP contribution in [-0.4, -0.2) is 49.1 Å². The van der Waals surface area contributed by atoms with E-state index in [2.05, 4.69) is 23.6 Å². The lowest BCUT2D eigenvalue weighted by Crippen LogP contribution is -2.46. The molecule has 0 spiro atoms. The Labute approximate surface area is 280 Å². The average Bonchev–Trinajstić information content (AvgIpc) is 3.04. The van der Waals surface area contributed by atoms with Gasteiger partial charge in [-0.1, -0.05) is 219 Å². The van der Waals surface area contributed by atoms with Crippen LogP contribution in [0.2, 0.25) is 0 Å². The van der Waals surface area contributed by atoms with Gasteiger partial charge in [0.2, 0.25) is 0 Å². The summed E-state index contributed by atoms with van der Waals surface area (Å²) in [4.78, 5) is 5.49. The van der Waals surface area contributed by atoms with Crippen molar-refractivity contribution >= 4 is 0 Å². The van der Waals surface area contributed by atoms with Crippen LogP contribution in [0.5, 0.6) is 0 Å². The van der Waals surface area contributed by atoms with Gasteiger partial charge in [0.05, 0.1) is 0 Å². The number of piperazine rings is 1. The van der Waals surface area contributed by atoms with Crippen molar-refractivity contribution in [2.75, 3.05) is 39.3 Å². The summed E-state index contributed by atoms with van der Waals surface area (Å²) in [7, 11) is 0. The molecule has 0 atom stereocenters. The molecule has 1 aliphatic heterocycles. The Balaban J connectivity index is 1.72. The van der Waals surface area contributed by atoms with Crippen LogP contribution in [0.3, 0.4) is 0 Å². The van der Waals surface area contributed by atoms with Gasteiger partial charge in [-0.3, -0.25) is 0 Å². The Morgan fingerprint density at radius 2 is 0.386 bits per heavy atom. The van der Waals surface area contributed by atoms with Crippen molar-refractivity contribution in [3.8, 4) is 0 Å². The monoisotopic (exact) mass is 619 g/mol. The van der Waals surface area contributed by atoms with E-state index in [1.807, 2.05) is 0 Å². The normalized spacial score (nSPS) is 14.6. The minimum Gasteiger partial charge on any atom is -0.301 e. The molecule has 1 fully saturated rings. The highest BCUT2D eigenvalue weighted by Gasteiger charge is 2.15. The summed E-state index contributed by atoms with van der Waals surface area (Å²) in [5, 5.41) is 0. The van der Waals surface area contributed by atoms with Gasteiger partial charge in [-0.25, -0.2) is 0 Å². The molecule has 0 radical (unpaired) electrons. The van der Waals surface area contributed by atoms with E-state index in [9.17, 15) is 0 Å². The molecule has 0 bridgehead atoms. The number of hydrogen-bond acceptors (Lipinski definition) is 2. The lowest BCUT2D eigenvalue weighted by Gasteiger charge is -2.34. The molecule has 1 rings (SSSR count). The summed E-state index contributed by atoms with van der Waals surface area (Å²) in [6, 6.07) is 0. The first kappa shape index (κ1) is 41.9. The molecule has 0 N–H and O–H groups in total. The molecule has 264 valence electrons. The summed E-state index contributed by atoms with van der Waals surface area (Å²) in [5.41, 5.74) is 0. The van der Waals surface area contributed by atoms with E-state index in [1.54, 1.807) is 0 Å². The molecule has 0 aliphatic carbocycles. The van der Waals surface area contributed by atoms with E-state index in [-0.39, 0.29) is 0 Å². The third kappa shape index (κ3) is 30.6. The van der Waals surface area contributed by atoms with E-state index in [1.165, 1.54) is 258 Å². The molecule has 0 aromatic heterocycles. The van der Waals surface area contributed by atoms with Gasteiger partial charge >= 0.3 is 0 Å². The molecule has 0 amide bonds. The summed E-state index contributed by atoms with van der Waals surface area (Å²) >= 11 is 0. The predicted molar refractivity (Wildman–Crippen MR) is 201 cm³/mol. The Bertz CT molecular complexity index is 466. The smallest absolute Gasteiger partial charge is 0.0110 e. The van der Waals surface area contributed by atoms with Crippen molar-refractivity contribution in [1.82, 2.24) is 9.80 Å². The minimum atomic E-state index is 1.32. The highest BCUT2D eigenvalue weighted by Crippen LogP contribution is 2.16. The van der Waals surface area contributed by atoms with Gasteiger partial charge in [0.1, 0.15) is 0 Å². The first-order valence-electron chi connectivity index (χ1n) is 21.3. The lowest BCUT2D eigenvalue weighted by atomic mass is 10.0. The van der Waals surface area contributed by atoms with Crippen LogP contribution in [0.1, 0.15) is 232 Å². The van der Waals surface area contributed by atoms with E-state index in [4.69, 9.17) is 0 Å². The zero-order valence-corrected chi connectivity index (χ0v) is 31.2. The second-order valence-electron chi connectivity index (χ2n) is 15.0. The van der Waals surface area contributed by atoms with Crippen molar-refractivity contribution in [3.05, 3.63) is 0 Å². The van der Waals surface area contributed by atoms with Crippen molar-refractivity contribution < 1.29 is 0 Å². The Morgan fingerprint density at radius 1 is 0.227 bits per heavy atom. The Morgan fingerprint density at radius 3 is 0.568 bits per heavy atom. The van der Waals surface area contributed by atoms with Crippen molar-refractivity contribution in [1.29, 1.82) is 0 Å². The van der Waals surface area contributed by atoms with Crippen LogP contribution in [-0.2, 0) is 0 Å². The van der Waals surface area contributed by atoms with Gasteiger partial charge in [0.25, 0.3) is 0 Å². The maximum absolute atomic E-state index is 2.75. The fourth-order valence-electron chi connectivity index (χ4n) is 7.36. The number of unbranched alkanes of at least 4 members (excludes halogenated alkanes) is 32. The molecule has 1 heterocycles. The van der Waals surface area contributed by atoms with Gasteiger partial charge in [0, 0.05) is 26.2 Å². The molecule has 0 saturated carbocycles. The van der Waals surface area contributed by atoms with Crippen molar-refractivity contribution in [2.24, 2.45) is 0 Å². The molecule has 0 unspecified atom stereocenters. The number of rotatable bonds is 36. The van der Waals surface area contributed by atoms with Crippen LogP contribution in [0.4, 0.5) is 0 Å². The predicted octanol–water partition coefficient (Wildman–Crippen LogP) is 13.9. The third-order valence-electron chi connectivity index (χ3n) is 10.6. The third-order valence-corrected chi connectivity index (χ3v) is 10.6. The van der Waals surface area contributed by atoms with Crippen LogP contribution in [0, 0.1) is 0 Å². The van der Waals surface area contributed by atoms with Crippen molar-refractivity contribution in [3.63, 3.8) is 0 Å². The van der Waals surface area contributed by atoms with Gasteiger partial charge in [-0.05, 0) is 25.9 Å². The molecule has 0 aromatic rings. The Kier molecular flexibility index (Phi) is 34.1. The first-order chi connectivity index (χ1) is 21.9. The molecule has 2 nitrogen and oxygen atoms in total. The van der Waals surface area contributed by atoms with Crippen LogP contribution < -0.4 is 0 Å². The maximum Gasteiger partial charge on any atom is 0.0110 e. The molecule has 0 aromatic carbocycles. The van der Waals surface area contributed by atoms with Gasteiger partial charge in [-0.2, -0.15) is 0 Å². The molecule has 2 heteroatoms. The van der Waals surface area contributed by atoms with E-state index < -0.39 is 0 Å². The fraction of sp³-hybridized carbons (Fsp3) is 1.00. The molecular formula is C42H86N2. The standard InChI is InChI=1S/C42H86N2/c1-3-5-7-9-11-13-15-17-19-21-23-25-27-29-31-33-35-37-43-39-41-44(42-40-43)38-36-34-32-30-28-26-24-22-20-18-16-14-12-10-8-6-4-2/h3-42H2,1-2H3. The maximum atomic E-state index is 2.75. The molecule has 1 aliphatic rings. The van der Waals surface area contributed by atoms with Gasteiger partial charge in [0.15, 0.2) is 0 Å². The second kappa shape index (κ2) is 35.8. The Hall–Kier alpha value is -0.0800. The van der Waals surface area contributed by atoms with E-state index in [0.717, 1.165) is 0 Å². The topological polar surface area (TPSA) is 6.48 Å². The SMILES string of the molecule is CCCCCCCCCCCCCCCCCCCN1CCN(CCCCCCCCCCCCCCCCCCC)CC1. The first-order valence-corrected chi connectivity index (χ1v) is 21.3. The van der Waals surface area contributed by atoms with Gasteiger partial charge < -0.3 is 9.80 Å². The highest BCUT2D eigenvalue weighted by atomic mass is 15.3. The highest BCUT2D eigenvalue weighted by molar-refractivity contribution is 4.72. The summed E-state index contributed by atoms with van der Waals surface area (Å²) < 4.78 is 0. The van der Waals surface area contributed by atoms with Gasteiger partial charge in [-0.15, -0.1) is 0 Å². The lowest BCUT2D eigenvalue weighted by molar-refractivity contribution is 0.129. The fourth-order valence-corrected chi connectivity index (χ4v) is 7.36. The summed E-state index contributed by atoms with van der Waals surface area (Å²) in [5.74, 6) is 0.